The Kier molecular flexibility index (Phi) is 3.22. The summed E-state index contributed by atoms with van der Waals surface area (Å²) in [4.78, 5) is 19.5. The number of Topliss-reactive ketones (excluding diaryl/α,β-unsaturated/α-hetero) is 1. The Balaban J connectivity index is 1.68. The van der Waals surface area contributed by atoms with E-state index in [0.717, 1.165) is 62.6 Å². The first-order chi connectivity index (χ1) is 14.7. The summed E-state index contributed by atoms with van der Waals surface area (Å²) < 4.78 is 0. The maximum absolute atomic E-state index is 14.1. The lowest BCUT2D eigenvalue weighted by atomic mass is 9.73. The van der Waals surface area contributed by atoms with Crippen LogP contribution >= 0.6 is 0 Å². The molecule has 3 aromatic carbocycles. The normalized spacial score (nSPS) is 21.5. The Bertz CT molecular complexity index is 1270. The summed E-state index contributed by atoms with van der Waals surface area (Å²) in [5.41, 5.74) is 2.91. The SMILES string of the molecule is O=C1C2(CCCC2)c2cc3c4ccccc4c4ccccc4c3nc2C12CCCC2. The summed E-state index contributed by atoms with van der Waals surface area (Å²) >= 11 is 0. The first-order valence-electron chi connectivity index (χ1n) is 11.5. The zero-order chi connectivity index (χ0) is 19.9. The summed E-state index contributed by atoms with van der Waals surface area (Å²) in [7, 11) is 0. The quantitative estimate of drug-likeness (QED) is 0.310. The van der Waals surface area contributed by atoms with Crippen molar-refractivity contribution < 1.29 is 4.79 Å². The van der Waals surface area contributed by atoms with Crippen LogP contribution in [0.15, 0.2) is 54.6 Å². The molecule has 1 aromatic heterocycles. The highest BCUT2D eigenvalue weighted by molar-refractivity contribution is 6.24. The van der Waals surface area contributed by atoms with E-state index in [-0.39, 0.29) is 10.8 Å². The largest absolute Gasteiger partial charge is 0.298 e. The fraction of sp³-hybridized carbons (Fsp3) is 0.357. The molecular weight excluding hydrogens is 366 g/mol. The van der Waals surface area contributed by atoms with Gasteiger partial charge in [0.05, 0.1) is 22.0 Å². The molecule has 2 fully saturated rings. The molecule has 0 unspecified atom stereocenters. The van der Waals surface area contributed by atoms with E-state index in [0.29, 0.717) is 5.78 Å². The lowest BCUT2D eigenvalue weighted by molar-refractivity contribution is -0.128. The Morgan fingerprint density at radius 1 is 0.633 bits per heavy atom. The van der Waals surface area contributed by atoms with E-state index in [1.165, 1.54) is 32.5 Å². The number of carbonyl (C=O) groups excluding carboxylic acids is 1. The molecule has 0 saturated heterocycles. The molecule has 2 spiro atoms. The van der Waals surface area contributed by atoms with Crippen LogP contribution in [0.3, 0.4) is 0 Å². The predicted octanol–water partition coefficient (Wildman–Crippen LogP) is 6.75. The third kappa shape index (κ3) is 1.87. The fourth-order valence-corrected chi connectivity index (χ4v) is 7.14. The number of ketones is 1. The summed E-state index contributed by atoms with van der Waals surface area (Å²) in [6.45, 7) is 0. The van der Waals surface area contributed by atoms with Gasteiger partial charge in [-0.3, -0.25) is 9.78 Å². The molecule has 0 aliphatic heterocycles. The van der Waals surface area contributed by atoms with Gasteiger partial charge in [0.15, 0.2) is 5.78 Å². The van der Waals surface area contributed by atoms with Gasteiger partial charge in [0.2, 0.25) is 0 Å². The maximum atomic E-state index is 14.1. The van der Waals surface area contributed by atoms with E-state index in [1.807, 2.05) is 0 Å². The molecule has 1 heterocycles. The first-order valence-corrected chi connectivity index (χ1v) is 11.5. The second-order valence-corrected chi connectivity index (χ2v) is 9.78. The highest BCUT2D eigenvalue weighted by Crippen LogP contribution is 2.59. The van der Waals surface area contributed by atoms with E-state index >= 15 is 0 Å². The van der Waals surface area contributed by atoms with Gasteiger partial charge in [-0.1, -0.05) is 74.2 Å². The van der Waals surface area contributed by atoms with E-state index in [2.05, 4.69) is 54.6 Å². The lowest BCUT2D eigenvalue weighted by Crippen LogP contribution is -2.38. The molecule has 3 aliphatic rings. The van der Waals surface area contributed by atoms with Crippen molar-refractivity contribution in [2.45, 2.75) is 62.2 Å². The Hall–Kier alpha value is -2.74. The second kappa shape index (κ2) is 5.69. The molecule has 30 heavy (non-hydrogen) atoms. The van der Waals surface area contributed by atoms with E-state index in [4.69, 9.17) is 4.98 Å². The smallest absolute Gasteiger partial charge is 0.155 e. The van der Waals surface area contributed by atoms with Crippen LogP contribution in [0.25, 0.3) is 32.4 Å². The van der Waals surface area contributed by atoms with Crippen molar-refractivity contribution in [1.29, 1.82) is 0 Å². The molecule has 0 N–H and O–H groups in total. The van der Waals surface area contributed by atoms with Crippen molar-refractivity contribution >= 4 is 38.2 Å². The minimum Gasteiger partial charge on any atom is -0.298 e. The van der Waals surface area contributed by atoms with Crippen LogP contribution in [0.1, 0.15) is 62.6 Å². The molecule has 0 radical (unpaired) electrons. The summed E-state index contributed by atoms with van der Waals surface area (Å²) in [6.07, 6.45) is 8.64. The van der Waals surface area contributed by atoms with Crippen LogP contribution in [0, 0.1) is 0 Å². The van der Waals surface area contributed by atoms with Crippen molar-refractivity contribution in [2.24, 2.45) is 0 Å². The number of carbonyl (C=O) groups is 1. The van der Waals surface area contributed by atoms with Crippen LogP contribution in [-0.4, -0.2) is 10.8 Å². The number of rotatable bonds is 0. The third-order valence-electron chi connectivity index (χ3n) is 8.46. The number of aromatic nitrogens is 1. The molecule has 0 atom stereocenters. The zero-order valence-corrected chi connectivity index (χ0v) is 17.2. The average molecular weight is 392 g/mol. The van der Waals surface area contributed by atoms with Gasteiger partial charge in [-0.15, -0.1) is 0 Å². The molecule has 2 saturated carbocycles. The van der Waals surface area contributed by atoms with Gasteiger partial charge < -0.3 is 0 Å². The minimum atomic E-state index is -0.319. The molecule has 0 bridgehead atoms. The van der Waals surface area contributed by atoms with Gasteiger partial charge in [0.1, 0.15) is 0 Å². The Labute approximate surface area is 176 Å². The van der Waals surface area contributed by atoms with Gasteiger partial charge in [0.25, 0.3) is 0 Å². The summed E-state index contributed by atoms with van der Waals surface area (Å²) in [6, 6.07) is 19.7. The maximum Gasteiger partial charge on any atom is 0.155 e. The van der Waals surface area contributed by atoms with Gasteiger partial charge in [-0.2, -0.15) is 0 Å². The highest BCUT2D eigenvalue weighted by Gasteiger charge is 2.62. The summed E-state index contributed by atoms with van der Waals surface area (Å²) in [5, 5.41) is 6.23. The van der Waals surface area contributed by atoms with Crippen LogP contribution in [-0.2, 0) is 15.6 Å². The standard InChI is InChI=1S/C28H25NO/c30-26-27(13-5-6-14-27)23-17-22-20-11-2-1-9-18(20)19-10-3-4-12-21(19)24(22)29-25(23)28(26)15-7-8-16-28/h1-4,9-12,17H,5-8,13-16H2. The molecule has 148 valence electrons. The minimum absolute atomic E-state index is 0.270. The molecule has 2 nitrogen and oxygen atoms in total. The van der Waals surface area contributed by atoms with Crippen LogP contribution < -0.4 is 0 Å². The molecule has 0 amide bonds. The number of nitrogens with zero attached hydrogens (tertiary/aromatic N) is 1. The fourth-order valence-electron chi connectivity index (χ4n) is 7.14. The summed E-state index contributed by atoms with van der Waals surface area (Å²) in [5.74, 6) is 0.511. The van der Waals surface area contributed by atoms with Crippen molar-refractivity contribution in [1.82, 2.24) is 4.98 Å². The van der Waals surface area contributed by atoms with Crippen LogP contribution in [0.5, 0.6) is 0 Å². The zero-order valence-electron chi connectivity index (χ0n) is 17.2. The number of hydrogen-bond acceptors (Lipinski definition) is 2. The first kappa shape index (κ1) is 17.0. The van der Waals surface area contributed by atoms with Gasteiger partial charge >= 0.3 is 0 Å². The molecule has 4 aromatic rings. The Morgan fingerprint density at radius 2 is 1.13 bits per heavy atom. The van der Waals surface area contributed by atoms with Gasteiger partial charge in [-0.05, 0) is 53.5 Å². The molecule has 7 rings (SSSR count). The predicted molar refractivity (Wildman–Crippen MR) is 122 cm³/mol. The molecule has 2 heteroatoms. The van der Waals surface area contributed by atoms with E-state index < -0.39 is 0 Å². The van der Waals surface area contributed by atoms with Crippen molar-refractivity contribution in [3.8, 4) is 0 Å². The topological polar surface area (TPSA) is 30.0 Å². The van der Waals surface area contributed by atoms with Crippen LogP contribution in [0.2, 0.25) is 0 Å². The highest BCUT2D eigenvalue weighted by atomic mass is 16.1. The number of hydrogen-bond donors (Lipinski definition) is 0. The Morgan fingerprint density at radius 3 is 1.77 bits per heavy atom. The van der Waals surface area contributed by atoms with Crippen LogP contribution in [0.4, 0.5) is 0 Å². The third-order valence-corrected chi connectivity index (χ3v) is 8.46. The van der Waals surface area contributed by atoms with Crippen molar-refractivity contribution in [3.63, 3.8) is 0 Å². The van der Waals surface area contributed by atoms with Crippen molar-refractivity contribution in [2.75, 3.05) is 0 Å². The number of pyridine rings is 1. The molecular formula is C28H25NO. The van der Waals surface area contributed by atoms with E-state index in [1.54, 1.807) is 0 Å². The van der Waals surface area contributed by atoms with Crippen molar-refractivity contribution in [3.05, 3.63) is 65.9 Å². The average Bonchev–Trinajstić information content (AvgIpc) is 3.52. The molecule has 3 aliphatic carbocycles. The lowest BCUT2D eigenvalue weighted by Gasteiger charge is -2.26. The monoisotopic (exact) mass is 391 g/mol. The number of fused-ring (bicyclic) bond motifs is 9. The van der Waals surface area contributed by atoms with Gasteiger partial charge in [-0.25, -0.2) is 0 Å². The second-order valence-electron chi connectivity index (χ2n) is 9.78. The van der Waals surface area contributed by atoms with Gasteiger partial charge in [0, 0.05) is 10.8 Å². The van der Waals surface area contributed by atoms with E-state index in [9.17, 15) is 4.79 Å². The number of benzene rings is 3.